The van der Waals surface area contributed by atoms with Crippen molar-refractivity contribution < 1.29 is 19.4 Å². The van der Waals surface area contributed by atoms with Crippen molar-refractivity contribution in [3.05, 3.63) is 70.4 Å². The summed E-state index contributed by atoms with van der Waals surface area (Å²) in [6.45, 7) is 9.45. The van der Waals surface area contributed by atoms with Crippen LogP contribution < -0.4 is 4.74 Å². The van der Waals surface area contributed by atoms with Crippen LogP contribution in [0.25, 0.3) is 16.7 Å². The van der Waals surface area contributed by atoms with Gasteiger partial charge in [0.2, 0.25) is 0 Å². The Morgan fingerprint density at radius 2 is 1.89 bits per heavy atom. The van der Waals surface area contributed by atoms with Crippen LogP contribution >= 0.6 is 0 Å². The molecule has 0 radical (unpaired) electrons. The molecule has 4 rings (SSSR count). The van der Waals surface area contributed by atoms with E-state index in [2.05, 4.69) is 18.8 Å². The maximum Gasteiger partial charge on any atom is 0.295 e. The van der Waals surface area contributed by atoms with Gasteiger partial charge in [-0.05, 0) is 63.7 Å². The van der Waals surface area contributed by atoms with Crippen LogP contribution in [0.15, 0.2) is 48.0 Å². The van der Waals surface area contributed by atoms with Gasteiger partial charge < -0.3 is 24.6 Å². The van der Waals surface area contributed by atoms with Crippen molar-refractivity contribution in [2.45, 2.75) is 39.7 Å². The lowest BCUT2D eigenvalue weighted by Crippen LogP contribution is -2.35. The van der Waals surface area contributed by atoms with Crippen LogP contribution in [0, 0.1) is 6.92 Å². The number of amides is 1. The Morgan fingerprint density at radius 1 is 1.17 bits per heavy atom. The molecular weight excluding hydrogens is 454 g/mol. The van der Waals surface area contributed by atoms with Gasteiger partial charge in [-0.25, -0.2) is 0 Å². The zero-order valence-electron chi connectivity index (χ0n) is 21.9. The van der Waals surface area contributed by atoms with Gasteiger partial charge in [0.25, 0.3) is 11.7 Å². The number of aliphatic hydroxyl groups excluding tert-OH is 1. The first kappa shape index (κ1) is 25.5. The smallest absolute Gasteiger partial charge is 0.295 e. The molecule has 1 aliphatic heterocycles. The molecule has 1 fully saturated rings. The fraction of sp³-hybridized carbons (Fsp3) is 0.379. The number of aromatic amines is 1. The van der Waals surface area contributed by atoms with Gasteiger partial charge in [-0.15, -0.1) is 0 Å². The molecule has 2 heterocycles. The molecule has 1 aliphatic rings. The van der Waals surface area contributed by atoms with Crippen molar-refractivity contribution in [1.29, 1.82) is 0 Å². The highest BCUT2D eigenvalue weighted by Crippen LogP contribution is 2.43. The Labute approximate surface area is 212 Å². The maximum atomic E-state index is 13.5. The van der Waals surface area contributed by atoms with E-state index < -0.39 is 17.7 Å². The fourth-order valence-corrected chi connectivity index (χ4v) is 4.96. The molecule has 36 heavy (non-hydrogen) atoms. The molecule has 7 heteroatoms. The molecule has 1 atom stereocenters. The zero-order valence-corrected chi connectivity index (χ0v) is 21.9. The highest BCUT2D eigenvalue weighted by molar-refractivity contribution is 6.46. The highest BCUT2D eigenvalue weighted by Gasteiger charge is 2.47. The number of nitrogens with zero attached hydrogens (tertiary/aromatic N) is 2. The molecule has 0 spiro atoms. The number of ketones is 1. The second-order valence-corrected chi connectivity index (χ2v) is 9.85. The molecule has 2 aromatic carbocycles. The number of hydrogen-bond donors (Lipinski definition) is 2. The van der Waals surface area contributed by atoms with E-state index >= 15 is 0 Å². The number of para-hydroxylation sites is 1. The van der Waals surface area contributed by atoms with Crippen molar-refractivity contribution in [3.8, 4) is 5.75 Å². The molecule has 7 nitrogen and oxygen atoms in total. The van der Waals surface area contributed by atoms with Crippen LogP contribution in [0.3, 0.4) is 0 Å². The lowest BCUT2D eigenvalue weighted by atomic mass is 9.92. The summed E-state index contributed by atoms with van der Waals surface area (Å²) in [5.41, 5.74) is 4.16. The summed E-state index contributed by atoms with van der Waals surface area (Å²) in [7, 11) is 3.85. The van der Waals surface area contributed by atoms with Gasteiger partial charge >= 0.3 is 0 Å². The molecule has 0 saturated carbocycles. The highest BCUT2D eigenvalue weighted by atomic mass is 16.5. The summed E-state index contributed by atoms with van der Waals surface area (Å²) in [4.78, 5) is 33.7. The van der Waals surface area contributed by atoms with Gasteiger partial charge in [0.1, 0.15) is 11.5 Å². The minimum atomic E-state index is -0.699. The SMILES string of the molecule is CCOc1ccc(/C(O)=C2\C(=O)C(=O)N(CCN(C)C)C2c2c(C)[nH]c3ccccc23)cc1C(C)C. The molecular formula is C29H35N3O4. The molecule has 1 aromatic heterocycles. The number of ether oxygens (including phenoxy) is 1. The van der Waals surface area contributed by atoms with Crippen molar-refractivity contribution >= 4 is 28.4 Å². The van der Waals surface area contributed by atoms with Crippen molar-refractivity contribution in [1.82, 2.24) is 14.8 Å². The lowest BCUT2D eigenvalue weighted by Gasteiger charge is -2.27. The number of benzene rings is 2. The first-order valence-electron chi connectivity index (χ1n) is 12.4. The Morgan fingerprint density at radius 3 is 2.56 bits per heavy atom. The number of carbonyl (C=O) groups excluding carboxylic acids is 2. The topological polar surface area (TPSA) is 85.9 Å². The van der Waals surface area contributed by atoms with Crippen molar-refractivity contribution in [3.63, 3.8) is 0 Å². The van der Waals surface area contributed by atoms with Crippen LogP contribution in [0.5, 0.6) is 5.75 Å². The third kappa shape index (κ3) is 4.51. The van der Waals surface area contributed by atoms with Gasteiger partial charge in [0.05, 0.1) is 18.2 Å². The summed E-state index contributed by atoms with van der Waals surface area (Å²) in [6.07, 6.45) is 0. The molecule has 190 valence electrons. The predicted octanol–water partition coefficient (Wildman–Crippen LogP) is 4.98. The monoisotopic (exact) mass is 489 g/mol. The van der Waals surface area contributed by atoms with Crippen LogP contribution in [0.4, 0.5) is 0 Å². The van der Waals surface area contributed by atoms with E-state index in [-0.39, 0.29) is 17.3 Å². The van der Waals surface area contributed by atoms with Crippen LogP contribution in [-0.2, 0) is 9.59 Å². The summed E-state index contributed by atoms with van der Waals surface area (Å²) >= 11 is 0. The first-order valence-corrected chi connectivity index (χ1v) is 12.4. The number of likely N-dealkylation sites (tertiary alicyclic amines) is 1. The number of aromatic nitrogens is 1. The number of likely N-dealkylation sites (N-methyl/N-ethyl adjacent to an activating group) is 1. The molecule has 0 aliphatic carbocycles. The van der Waals surface area contributed by atoms with E-state index in [1.54, 1.807) is 11.0 Å². The molecule has 2 N–H and O–H groups in total. The Balaban J connectivity index is 1.94. The van der Waals surface area contributed by atoms with E-state index in [0.29, 0.717) is 25.3 Å². The third-order valence-electron chi connectivity index (χ3n) is 6.75. The Bertz CT molecular complexity index is 1340. The number of hydrogen-bond acceptors (Lipinski definition) is 5. The Kier molecular flexibility index (Phi) is 7.22. The molecule has 0 bridgehead atoms. The number of fused-ring (bicyclic) bond motifs is 1. The minimum absolute atomic E-state index is 0.116. The maximum absolute atomic E-state index is 13.5. The minimum Gasteiger partial charge on any atom is -0.507 e. The zero-order chi connectivity index (χ0) is 26.1. The number of Topliss-reactive ketones (excluding diaryl/α,β-unsaturated/α-hetero) is 1. The Hall–Kier alpha value is -3.58. The van der Waals surface area contributed by atoms with E-state index in [4.69, 9.17) is 4.74 Å². The first-order chi connectivity index (χ1) is 17.1. The van der Waals surface area contributed by atoms with Gasteiger partial charge in [-0.1, -0.05) is 32.0 Å². The number of aliphatic hydroxyl groups is 1. The number of carbonyl (C=O) groups is 2. The van der Waals surface area contributed by atoms with Gasteiger partial charge in [-0.3, -0.25) is 9.59 Å². The second-order valence-electron chi connectivity index (χ2n) is 9.85. The van der Waals surface area contributed by atoms with Crippen LogP contribution in [0.2, 0.25) is 0 Å². The number of H-pyrrole nitrogens is 1. The van der Waals surface area contributed by atoms with Gasteiger partial charge in [-0.2, -0.15) is 0 Å². The van der Waals surface area contributed by atoms with Crippen LogP contribution in [-0.4, -0.2) is 65.4 Å². The number of nitrogens with one attached hydrogen (secondary N) is 1. The second kappa shape index (κ2) is 10.2. The average Bonchev–Trinajstić information content (AvgIpc) is 3.29. The summed E-state index contributed by atoms with van der Waals surface area (Å²) in [6, 6.07) is 12.6. The summed E-state index contributed by atoms with van der Waals surface area (Å²) in [5, 5.41) is 12.5. The summed E-state index contributed by atoms with van der Waals surface area (Å²) < 4.78 is 5.78. The normalized spacial score (nSPS) is 17.7. The molecule has 1 unspecified atom stereocenters. The van der Waals surface area contributed by atoms with Crippen molar-refractivity contribution in [2.24, 2.45) is 0 Å². The largest absolute Gasteiger partial charge is 0.507 e. The summed E-state index contributed by atoms with van der Waals surface area (Å²) in [5.74, 6) is -0.530. The molecule has 3 aromatic rings. The standard InChI is InChI=1S/C29H35N3O4/c1-7-36-23-13-12-19(16-21(23)17(2)3)27(33)25-26(32(15-14-31(5)6)29(35)28(25)34)24-18(4)30-22-11-9-8-10-20(22)24/h8-13,16-17,26,30,33H,7,14-15H2,1-6H3/b27-25+. The fourth-order valence-electron chi connectivity index (χ4n) is 4.96. The quantitative estimate of drug-likeness (QED) is 0.265. The van der Waals surface area contributed by atoms with E-state index in [1.165, 1.54) is 0 Å². The third-order valence-corrected chi connectivity index (χ3v) is 6.75. The predicted molar refractivity (Wildman–Crippen MR) is 142 cm³/mol. The van der Waals surface area contributed by atoms with Crippen molar-refractivity contribution in [2.75, 3.05) is 33.8 Å². The van der Waals surface area contributed by atoms with E-state index in [9.17, 15) is 14.7 Å². The van der Waals surface area contributed by atoms with E-state index in [0.717, 1.165) is 33.5 Å². The van der Waals surface area contributed by atoms with Gasteiger partial charge in [0.15, 0.2) is 0 Å². The lowest BCUT2D eigenvalue weighted by molar-refractivity contribution is -0.140. The molecule has 1 amide bonds. The number of aryl methyl sites for hydroxylation is 1. The van der Waals surface area contributed by atoms with E-state index in [1.807, 2.05) is 69.2 Å². The number of rotatable bonds is 8. The molecule has 1 saturated heterocycles. The average molecular weight is 490 g/mol. The van der Waals surface area contributed by atoms with Gasteiger partial charge in [0, 0.05) is 40.8 Å². The van der Waals surface area contributed by atoms with Crippen LogP contribution in [0.1, 0.15) is 55.1 Å².